The van der Waals surface area contributed by atoms with Gasteiger partial charge in [-0.15, -0.1) is 0 Å². The highest BCUT2D eigenvalue weighted by Crippen LogP contribution is 2.36. The molecule has 1 aliphatic rings. The van der Waals surface area contributed by atoms with Gasteiger partial charge >= 0.3 is 17.9 Å². The van der Waals surface area contributed by atoms with Gasteiger partial charge in [-0.1, -0.05) is 19.8 Å². The molecule has 0 heterocycles. The Labute approximate surface area is 124 Å². The van der Waals surface area contributed by atoms with Crippen LogP contribution < -0.4 is 0 Å². The molecule has 0 bridgehead atoms. The van der Waals surface area contributed by atoms with E-state index in [0.29, 0.717) is 6.92 Å². The van der Waals surface area contributed by atoms with E-state index < -0.39 is 30.1 Å². The van der Waals surface area contributed by atoms with Gasteiger partial charge in [-0.2, -0.15) is 8.78 Å². The van der Waals surface area contributed by atoms with Crippen LogP contribution in [0.2, 0.25) is 0 Å². The third-order valence-corrected chi connectivity index (χ3v) is 3.76. The summed E-state index contributed by atoms with van der Waals surface area (Å²) in [4.78, 5) is 22.7. The minimum Gasteiger partial charge on any atom is -0.457 e. The lowest BCUT2D eigenvalue weighted by molar-refractivity contribution is -0.183. The van der Waals surface area contributed by atoms with Crippen molar-refractivity contribution in [2.75, 3.05) is 6.61 Å². The van der Waals surface area contributed by atoms with Crippen molar-refractivity contribution in [3.63, 3.8) is 0 Å². The van der Waals surface area contributed by atoms with Crippen LogP contribution in [-0.4, -0.2) is 30.1 Å². The second-order valence-electron chi connectivity index (χ2n) is 5.79. The van der Waals surface area contributed by atoms with Gasteiger partial charge in [0.15, 0.2) is 6.61 Å². The van der Waals surface area contributed by atoms with Gasteiger partial charge < -0.3 is 9.47 Å². The van der Waals surface area contributed by atoms with Crippen molar-refractivity contribution >= 4 is 11.9 Å². The van der Waals surface area contributed by atoms with Crippen LogP contribution in [0.3, 0.4) is 0 Å². The first-order valence-corrected chi connectivity index (χ1v) is 7.56. The maximum Gasteiger partial charge on any atom is 0.377 e. The van der Waals surface area contributed by atoms with E-state index in [1.165, 1.54) is 0 Å². The third kappa shape index (κ3) is 5.98. The van der Waals surface area contributed by atoms with Crippen LogP contribution in [0.4, 0.5) is 8.78 Å². The highest BCUT2D eigenvalue weighted by Gasteiger charge is 2.37. The molecule has 1 saturated carbocycles. The molecule has 0 amide bonds. The topological polar surface area (TPSA) is 52.6 Å². The number of hydrogen-bond acceptors (Lipinski definition) is 4. The van der Waals surface area contributed by atoms with E-state index in [4.69, 9.17) is 4.74 Å². The van der Waals surface area contributed by atoms with Crippen molar-refractivity contribution in [2.45, 2.75) is 76.7 Å². The van der Waals surface area contributed by atoms with Gasteiger partial charge in [-0.3, -0.25) is 0 Å². The maximum absolute atomic E-state index is 12.6. The zero-order chi connectivity index (χ0) is 15.9. The molecule has 1 rings (SSSR count). The zero-order valence-electron chi connectivity index (χ0n) is 12.8. The van der Waals surface area contributed by atoms with Gasteiger partial charge in [0, 0.05) is 6.92 Å². The number of carbonyl (C=O) groups excluding carboxylic acids is 2. The molecule has 1 fully saturated rings. The fraction of sp³-hybridized carbons (Fsp3) is 0.867. The van der Waals surface area contributed by atoms with Crippen LogP contribution in [0.5, 0.6) is 0 Å². The van der Waals surface area contributed by atoms with Crippen molar-refractivity contribution in [1.82, 2.24) is 0 Å². The Morgan fingerprint density at radius 2 is 1.81 bits per heavy atom. The summed E-state index contributed by atoms with van der Waals surface area (Å²) in [6, 6.07) is 0. The molecule has 0 radical (unpaired) electrons. The SMILES string of the molecule is CCCCC1(OC(=O)COC(=O)C(C)(F)F)CCCCC1. The fourth-order valence-corrected chi connectivity index (χ4v) is 2.62. The molecule has 0 aromatic carbocycles. The van der Waals surface area contributed by atoms with E-state index in [1.807, 2.05) is 0 Å². The highest BCUT2D eigenvalue weighted by molar-refractivity contribution is 5.80. The van der Waals surface area contributed by atoms with Crippen molar-refractivity contribution < 1.29 is 27.8 Å². The minimum atomic E-state index is -3.59. The number of unbranched alkanes of at least 4 members (excludes halogenated alkanes) is 1. The predicted octanol–water partition coefficient (Wildman–Crippen LogP) is 3.62. The lowest BCUT2D eigenvalue weighted by atomic mass is 9.81. The molecule has 1 aliphatic carbocycles. The average molecular weight is 306 g/mol. The molecule has 0 spiro atoms. The maximum atomic E-state index is 12.6. The minimum absolute atomic E-state index is 0.435. The van der Waals surface area contributed by atoms with Gasteiger partial charge in [0.1, 0.15) is 5.60 Å². The van der Waals surface area contributed by atoms with Crippen LogP contribution in [0.1, 0.15) is 65.2 Å². The number of esters is 2. The summed E-state index contributed by atoms with van der Waals surface area (Å²) in [7, 11) is 0. The smallest absolute Gasteiger partial charge is 0.377 e. The normalized spacial score (nSPS) is 18.1. The third-order valence-electron chi connectivity index (χ3n) is 3.76. The predicted molar refractivity (Wildman–Crippen MR) is 73.0 cm³/mol. The van der Waals surface area contributed by atoms with Crippen LogP contribution >= 0.6 is 0 Å². The first kappa shape index (κ1) is 17.9. The van der Waals surface area contributed by atoms with Crippen molar-refractivity contribution in [2.24, 2.45) is 0 Å². The number of ether oxygens (including phenoxy) is 2. The summed E-state index contributed by atoms with van der Waals surface area (Å²) in [6.45, 7) is 1.74. The van der Waals surface area contributed by atoms with Gasteiger partial charge in [0.25, 0.3) is 0 Å². The van der Waals surface area contributed by atoms with E-state index in [0.717, 1.165) is 51.4 Å². The first-order valence-electron chi connectivity index (χ1n) is 7.56. The molecule has 0 N–H and O–H groups in total. The lowest BCUT2D eigenvalue weighted by Gasteiger charge is -2.36. The van der Waals surface area contributed by atoms with Gasteiger partial charge in [-0.05, 0) is 38.5 Å². The molecular formula is C15H24F2O4. The summed E-state index contributed by atoms with van der Waals surface area (Å²) < 4.78 is 35.1. The number of hydrogen-bond donors (Lipinski definition) is 0. The van der Waals surface area contributed by atoms with E-state index in [9.17, 15) is 18.4 Å². The van der Waals surface area contributed by atoms with Crippen LogP contribution in [0.15, 0.2) is 0 Å². The first-order chi connectivity index (χ1) is 9.79. The Hall–Kier alpha value is -1.20. The number of carbonyl (C=O) groups is 2. The molecule has 0 saturated heterocycles. The Kier molecular flexibility index (Phi) is 6.55. The Bertz CT molecular complexity index is 357. The van der Waals surface area contributed by atoms with E-state index >= 15 is 0 Å². The second kappa shape index (κ2) is 7.71. The molecule has 0 atom stereocenters. The summed E-state index contributed by atoms with van der Waals surface area (Å²) >= 11 is 0. The quantitative estimate of drug-likeness (QED) is 0.674. The Balaban J connectivity index is 2.50. The lowest BCUT2D eigenvalue weighted by Crippen LogP contribution is -2.39. The van der Waals surface area contributed by atoms with Gasteiger partial charge in [0.05, 0.1) is 0 Å². The molecule has 122 valence electrons. The summed E-state index contributed by atoms with van der Waals surface area (Å²) in [5.41, 5.74) is -0.507. The zero-order valence-corrected chi connectivity index (χ0v) is 12.8. The Morgan fingerprint density at radius 3 is 2.33 bits per heavy atom. The van der Waals surface area contributed by atoms with Gasteiger partial charge in [-0.25, -0.2) is 9.59 Å². The molecule has 4 nitrogen and oxygen atoms in total. The summed E-state index contributed by atoms with van der Waals surface area (Å²) in [5, 5.41) is 0. The fourth-order valence-electron chi connectivity index (χ4n) is 2.62. The number of rotatable bonds is 7. The largest absolute Gasteiger partial charge is 0.457 e. The molecular weight excluding hydrogens is 282 g/mol. The molecule has 21 heavy (non-hydrogen) atoms. The number of halogens is 2. The van der Waals surface area contributed by atoms with Crippen molar-refractivity contribution in [1.29, 1.82) is 0 Å². The van der Waals surface area contributed by atoms with Gasteiger partial charge in [0.2, 0.25) is 0 Å². The van der Waals surface area contributed by atoms with E-state index in [-0.39, 0.29) is 0 Å². The average Bonchev–Trinajstić information content (AvgIpc) is 2.42. The van der Waals surface area contributed by atoms with E-state index in [1.54, 1.807) is 0 Å². The van der Waals surface area contributed by atoms with E-state index in [2.05, 4.69) is 11.7 Å². The van der Waals surface area contributed by atoms with Crippen molar-refractivity contribution in [3.8, 4) is 0 Å². The van der Waals surface area contributed by atoms with Crippen LogP contribution in [-0.2, 0) is 19.1 Å². The molecule has 0 aliphatic heterocycles. The molecule has 0 unspecified atom stereocenters. The molecule has 0 aromatic rings. The van der Waals surface area contributed by atoms with Crippen molar-refractivity contribution in [3.05, 3.63) is 0 Å². The van der Waals surface area contributed by atoms with Crippen LogP contribution in [0, 0.1) is 0 Å². The summed E-state index contributed by atoms with van der Waals surface area (Å²) in [5.74, 6) is -6.04. The number of alkyl halides is 2. The van der Waals surface area contributed by atoms with Crippen LogP contribution in [0.25, 0.3) is 0 Å². The highest BCUT2D eigenvalue weighted by atomic mass is 19.3. The monoisotopic (exact) mass is 306 g/mol. The summed E-state index contributed by atoms with van der Waals surface area (Å²) in [6.07, 6.45) is 7.38. The standard InChI is InChI=1S/C15H24F2O4/c1-3-4-8-15(9-6-5-7-10-15)21-12(18)11-20-13(19)14(2,16)17/h3-11H2,1-2H3. The molecule has 0 aromatic heterocycles. The Morgan fingerprint density at radius 1 is 1.19 bits per heavy atom. The second-order valence-corrected chi connectivity index (χ2v) is 5.79. The molecule has 6 heteroatoms.